The SMILES string of the molecule is CC(C)NCCN1CCCC(C)(O)C1. The van der Waals surface area contributed by atoms with Crippen LogP contribution >= 0.6 is 0 Å². The van der Waals surface area contributed by atoms with Gasteiger partial charge in [0.25, 0.3) is 0 Å². The highest BCUT2D eigenvalue weighted by Gasteiger charge is 2.27. The van der Waals surface area contributed by atoms with Crippen molar-refractivity contribution < 1.29 is 5.11 Å². The summed E-state index contributed by atoms with van der Waals surface area (Å²) < 4.78 is 0. The normalized spacial score (nSPS) is 29.8. The van der Waals surface area contributed by atoms with Crippen molar-refractivity contribution in [1.82, 2.24) is 10.2 Å². The van der Waals surface area contributed by atoms with Crippen LogP contribution in [0.5, 0.6) is 0 Å². The zero-order valence-corrected chi connectivity index (χ0v) is 9.71. The van der Waals surface area contributed by atoms with Crippen molar-refractivity contribution in [3.8, 4) is 0 Å². The maximum absolute atomic E-state index is 9.89. The molecule has 0 radical (unpaired) electrons. The predicted molar refractivity (Wildman–Crippen MR) is 59.4 cm³/mol. The molecule has 0 amide bonds. The summed E-state index contributed by atoms with van der Waals surface area (Å²) in [7, 11) is 0. The summed E-state index contributed by atoms with van der Waals surface area (Å²) in [6.07, 6.45) is 2.07. The molecule has 0 aromatic rings. The van der Waals surface area contributed by atoms with Crippen LogP contribution in [0.1, 0.15) is 33.6 Å². The number of β-amino-alcohol motifs (C(OH)–C–C–N with tert-alkyl or cyclic N) is 1. The first-order valence-corrected chi connectivity index (χ1v) is 5.68. The van der Waals surface area contributed by atoms with Gasteiger partial charge in [-0.1, -0.05) is 13.8 Å². The van der Waals surface area contributed by atoms with Gasteiger partial charge in [0.1, 0.15) is 0 Å². The molecule has 0 saturated carbocycles. The molecule has 0 bridgehead atoms. The van der Waals surface area contributed by atoms with E-state index in [1.54, 1.807) is 0 Å². The molecule has 3 heteroatoms. The standard InChI is InChI=1S/C11H24N2O/c1-10(2)12-6-8-13-7-4-5-11(3,14)9-13/h10,12,14H,4-9H2,1-3H3. The summed E-state index contributed by atoms with van der Waals surface area (Å²) in [5.74, 6) is 0. The zero-order chi connectivity index (χ0) is 10.6. The van der Waals surface area contributed by atoms with Crippen molar-refractivity contribution in [1.29, 1.82) is 0 Å². The fourth-order valence-corrected chi connectivity index (χ4v) is 2.03. The van der Waals surface area contributed by atoms with E-state index in [-0.39, 0.29) is 0 Å². The first kappa shape index (κ1) is 12.0. The van der Waals surface area contributed by atoms with Gasteiger partial charge in [-0.15, -0.1) is 0 Å². The highest BCUT2D eigenvalue weighted by Crippen LogP contribution is 2.19. The molecule has 1 saturated heterocycles. The van der Waals surface area contributed by atoms with Crippen molar-refractivity contribution in [3.63, 3.8) is 0 Å². The molecule has 0 aromatic carbocycles. The van der Waals surface area contributed by atoms with Crippen LogP contribution in [0.4, 0.5) is 0 Å². The van der Waals surface area contributed by atoms with Crippen LogP contribution in [0, 0.1) is 0 Å². The minimum atomic E-state index is -0.462. The summed E-state index contributed by atoms with van der Waals surface area (Å²) in [5, 5.41) is 13.3. The number of aliphatic hydroxyl groups is 1. The third-order valence-corrected chi connectivity index (χ3v) is 2.73. The molecule has 1 atom stereocenters. The first-order valence-electron chi connectivity index (χ1n) is 5.68. The monoisotopic (exact) mass is 200 g/mol. The van der Waals surface area contributed by atoms with Gasteiger partial charge in [-0.05, 0) is 26.3 Å². The highest BCUT2D eigenvalue weighted by atomic mass is 16.3. The molecule has 1 aliphatic heterocycles. The van der Waals surface area contributed by atoms with E-state index in [0.717, 1.165) is 39.0 Å². The molecule has 1 unspecified atom stereocenters. The molecule has 2 N–H and O–H groups in total. The quantitative estimate of drug-likeness (QED) is 0.705. The van der Waals surface area contributed by atoms with Gasteiger partial charge < -0.3 is 10.4 Å². The Morgan fingerprint density at radius 3 is 2.79 bits per heavy atom. The Hall–Kier alpha value is -0.120. The number of hydrogen-bond donors (Lipinski definition) is 2. The third kappa shape index (κ3) is 4.40. The molecule has 1 fully saturated rings. The maximum Gasteiger partial charge on any atom is 0.0746 e. The fourth-order valence-electron chi connectivity index (χ4n) is 2.03. The molecule has 3 nitrogen and oxygen atoms in total. The summed E-state index contributed by atoms with van der Waals surface area (Å²) in [4.78, 5) is 2.35. The zero-order valence-electron chi connectivity index (χ0n) is 9.71. The fraction of sp³-hybridized carbons (Fsp3) is 1.00. The number of nitrogens with one attached hydrogen (secondary N) is 1. The van der Waals surface area contributed by atoms with E-state index in [0.29, 0.717) is 6.04 Å². The topological polar surface area (TPSA) is 35.5 Å². The summed E-state index contributed by atoms with van der Waals surface area (Å²) in [6, 6.07) is 0.556. The number of hydrogen-bond acceptors (Lipinski definition) is 3. The minimum Gasteiger partial charge on any atom is -0.389 e. The number of likely N-dealkylation sites (tertiary alicyclic amines) is 1. The van der Waals surface area contributed by atoms with E-state index in [2.05, 4.69) is 24.1 Å². The van der Waals surface area contributed by atoms with E-state index >= 15 is 0 Å². The number of piperidine rings is 1. The molecule has 84 valence electrons. The van der Waals surface area contributed by atoms with Crippen LogP contribution < -0.4 is 5.32 Å². The Balaban J connectivity index is 2.18. The van der Waals surface area contributed by atoms with Gasteiger partial charge in [0.15, 0.2) is 0 Å². The summed E-state index contributed by atoms with van der Waals surface area (Å²) in [5.41, 5.74) is -0.462. The molecule has 0 aromatic heterocycles. The molecule has 14 heavy (non-hydrogen) atoms. The van der Waals surface area contributed by atoms with E-state index in [1.165, 1.54) is 0 Å². The van der Waals surface area contributed by atoms with Gasteiger partial charge in [-0.2, -0.15) is 0 Å². The molecule has 0 spiro atoms. The van der Waals surface area contributed by atoms with Crippen molar-refractivity contribution in [2.24, 2.45) is 0 Å². The van der Waals surface area contributed by atoms with Crippen LogP contribution in [-0.2, 0) is 0 Å². The molecular weight excluding hydrogens is 176 g/mol. The molecule has 1 aliphatic rings. The van der Waals surface area contributed by atoms with Gasteiger partial charge in [0.2, 0.25) is 0 Å². The Labute approximate surface area is 87.5 Å². The van der Waals surface area contributed by atoms with E-state index < -0.39 is 5.60 Å². The largest absolute Gasteiger partial charge is 0.389 e. The van der Waals surface area contributed by atoms with Crippen molar-refractivity contribution >= 4 is 0 Å². The van der Waals surface area contributed by atoms with Gasteiger partial charge >= 0.3 is 0 Å². The number of rotatable bonds is 4. The molecule has 0 aliphatic carbocycles. The van der Waals surface area contributed by atoms with Crippen LogP contribution in [0.2, 0.25) is 0 Å². The van der Waals surface area contributed by atoms with Crippen molar-refractivity contribution in [3.05, 3.63) is 0 Å². The Bertz CT molecular complexity index is 169. The van der Waals surface area contributed by atoms with Crippen LogP contribution in [0.15, 0.2) is 0 Å². The van der Waals surface area contributed by atoms with Crippen LogP contribution in [0.3, 0.4) is 0 Å². The van der Waals surface area contributed by atoms with Gasteiger partial charge in [-0.3, -0.25) is 4.90 Å². The second-order valence-electron chi connectivity index (χ2n) is 4.99. The van der Waals surface area contributed by atoms with Crippen LogP contribution in [0.25, 0.3) is 0 Å². The third-order valence-electron chi connectivity index (χ3n) is 2.73. The second kappa shape index (κ2) is 5.10. The first-order chi connectivity index (χ1) is 6.49. The molecule has 1 heterocycles. The average Bonchev–Trinajstić information content (AvgIpc) is 2.01. The van der Waals surface area contributed by atoms with Crippen molar-refractivity contribution in [2.45, 2.75) is 45.3 Å². The molecular formula is C11H24N2O. The van der Waals surface area contributed by atoms with E-state index in [9.17, 15) is 5.11 Å². The highest BCUT2D eigenvalue weighted by molar-refractivity contribution is 4.82. The lowest BCUT2D eigenvalue weighted by molar-refractivity contribution is -0.0150. The van der Waals surface area contributed by atoms with Gasteiger partial charge in [0.05, 0.1) is 5.60 Å². The predicted octanol–water partition coefficient (Wildman–Crippen LogP) is 0.831. The smallest absolute Gasteiger partial charge is 0.0746 e. The average molecular weight is 200 g/mol. The number of nitrogens with zero attached hydrogens (tertiary/aromatic N) is 1. The second-order valence-corrected chi connectivity index (χ2v) is 4.99. The van der Waals surface area contributed by atoms with E-state index in [4.69, 9.17) is 0 Å². The lowest BCUT2D eigenvalue weighted by Crippen LogP contribution is -2.48. The lowest BCUT2D eigenvalue weighted by Gasteiger charge is -2.36. The Kier molecular flexibility index (Phi) is 4.35. The van der Waals surface area contributed by atoms with Crippen molar-refractivity contribution in [2.75, 3.05) is 26.2 Å². The van der Waals surface area contributed by atoms with Gasteiger partial charge in [0, 0.05) is 25.7 Å². The van der Waals surface area contributed by atoms with Crippen LogP contribution in [-0.4, -0.2) is 47.8 Å². The Morgan fingerprint density at radius 2 is 2.21 bits per heavy atom. The summed E-state index contributed by atoms with van der Waals surface area (Å²) in [6.45, 7) is 10.3. The molecule has 1 rings (SSSR count). The summed E-state index contributed by atoms with van der Waals surface area (Å²) >= 11 is 0. The van der Waals surface area contributed by atoms with Gasteiger partial charge in [-0.25, -0.2) is 0 Å². The minimum absolute atomic E-state index is 0.462. The van der Waals surface area contributed by atoms with E-state index in [1.807, 2.05) is 6.92 Å². The Morgan fingerprint density at radius 1 is 1.50 bits per heavy atom. The maximum atomic E-state index is 9.89. The lowest BCUT2D eigenvalue weighted by atomic mass is 9.95.